The van der Waals surface area contributed by atoms with E-state index in [1.54, 1.807) is 13.2 Å². The standard InChI is InChI=1S/C16H17N3O3/c1-4-6-12(15(20)17-2)19-16(21)13-9-10-11(18-13)7-5-8-14(10)22-3/h1,5,7-9,12,18H,6H2,2-3H3,(H,17,20)(H,19,21)/t12-/m0/s1. The summed E-state index contributed by atoms with van der Waals surface area (Å²) in [5.41, 5.74) is 1.11. The number of aromatic amines is 1. The number of amides is 2. The zero-order valence-corrected chi connectivity index (χ0v) is 12.4. The zero-order valence-electron chi connectivity index (χ0n) is 12.4. The molecule has 6 nitrogen and oxygen atoms in total. The number of H-pyrrole nitrogens is 1. The van der Waals surface area contributed by atoms with Crippen molar-refractivity contribution in [2.24, 2.45) is 0 Å². The van der Waals surface area contributed by atoms with E-state index >= 15 is 0 Å². The van der Waals surface area contributed by atoms with Crippen LogP contribution in [-0.4, -0.2) is 37.0 Å². The van der Waals surface area contributed by atoms with E-state index in [1.807, 2.05) is 18.2 Å². The van der Waals surface area contributed by atoms with E-state index in [0.29, 0.717) is 11.4 Å². The van der Waals surface area contributed by atoms with E-state index in [-0.39, 0.29) is 12.3 Å². The second kappa shape index (κ2) is 6.68. The predicted molar refractivity (Wildman–Crippen MR) is 83.6 cm³/mol. The minimum atomic E-state index is -0.768. The number of hydrogen-bond acceptors (Lipinski definition) is 3. The first-order chi connectivity index (χ1) is 10.6. The third-order valence-electron chi connectivity index (χ3n) is 3.28. The number of carbonyl (C=O) groups is 2. The van der Waals surface area contributed by atoms with Crippen LogP contribution in [0.15, 0.2) is 24.3 Å². The average Bonchev–Trinajstić information content (AvgIpc) is 2.97. The molecular weight excluding hydrogens is 282 g/mol. The van der Waals surface area contributed by atoms with Gasteiger partial charge in [-0.15, -0.1) is 12.3 Å². The van der Waals surface area contributed by atoms with Crippen LogP contribution >= 0.6 is 0 Å². The summed E-state index contributed by atoms with van der Waals surface area (Å²) in [7, 11) is 3.06. The largest absolute Gasteiger partial charge is 0.496 e. The van der Waals surface area contributed by atoms with E-state index in [9.17, 15) is 9.59 Å². The predicted octanol–water partition coefficient (Wildman–Crippen LogP) is 1.04. The molecule has 0 aliphatic heterocycles. The Kier molecular flexibility index (Phi) is 4.69. The lowest BCUT2D eigenvalue weighted by Crippen LogP contribution is -2.45. The van der Waals surface area contributed by atoms with E-state index in [4.69, 9.17) is 11.2 Å². The topological polar surface area (TPSA) is 83.2 Å². The van der Waals surface area contributed by atoms with Gasteiger partial charge in [-0.2, -0.15) is 0 Å². The Morgan fingerprint density at radius 3 is 2.86 bits per heavy atom. The lowest BCUT2D eigenvalue weighted by atomic mass is 10.2. The molecule has 3 N–H and O–H groups in total. The number of rotatable bonds is 5. The Balaban J connectivity index is 2.26. The second-order valence-corrected chi connectivity index (χ2v) is 4.65. The molecule has 0 saturated heterocycles. The van der Waals surface area contributed by atoms with E-state index in [2.05, 4.69) is 21.5 Å². The van der Waals surface area contributed by atoms with E-state index in [0.717, 1.165) is 10.9 Å². The second-order valence-electron chi connectivity index (χ2n) is 4.65. The molecule has 1 aromatic carbocycles. The fourth-order valence-corrected chi connectivity index (χ4v) is 2.17. The van der Waals surface area contributed by atoms with Crippen LogP contribution in [-0.2, 0) is 4.79 Å². The molecule has 0 spiro atoms. The van der Waals surface area contributed by atoms with Crippen LogP contribution in [0.1, 0.15) is 16.9 Å². The first-order valence-corrected chi connectivity index (χ1v) is 6.72. The molecule has 2 rings (SSSR count). The summed E-state index contributed by atoms with van der Waals surface area (Å²) in [5, 5.41) is 5.88. The monoisotopic (exact) mass is 299 g/mol. The van der Waals surface area contributed by atoms with Crippen molar-refractivity contribution in [2.75, 3.05) is 14.2 Å². The summed E-state index contributed by atoms with van der Waals surface area (Å²) in [6.45, 7) is 0. The van der Waals surface area contributed by atoms with Crippen molar-refractivity contribution in [1.29, 1.82) is 0 Å². The number of terminal acetylenes is 1. The summed E-state index contributed by atoms with van der Waals surface area (Å²) in [4.78, 5) is 27.0. The Morgan fingerprint density at radius 2 is 2.23 bits per heavy atom. The van der Waals surface area contributed by atoms with E-state index < -0.39 is 11.9 Å². The highest BCUT2D eigenvalue weighted by Crippen LogP contribution is 2.25. The van der Waals surface area contributed by atoms with Crippen LogP contribution in [0.4, 0.5) is 0 Å². The smallest absolute Gasteiger partial charge is 0.268 e. The molecular formula is C16H17N3O3. The summed E-state index contributed by atoms with van der Waals surface area (Å²) in [5.74, 6) is 2.31. The molecule has 2 aromatic rings. The number of methoxy groups -OCH3 is 1. The Hall–Kier alpha value is -2.94. The quantitative estimate of drug-likeness (QED) is 0.722. The van der Waals surface area contributed by atoms with Gasteiger partial charge in [0.05, 0.1) is 7.11 Å². The lowest BCUT2D eigenvalue weighted by molar-refractivity contribution is -0.122. The van der Waals surface area contributed by atoms with Gasteiger partial charge in [0.1, 0.15) is 17.5 Å². The highest BCUT2D eigenvalue weighted by Gasteiger charge is 2.20. The lowest BCUT2D eigenvalue weighted by Gasteiger charge is -2.14. The molecule has 6 heteroatoms. The Morgan fingerprint density at radius 1 is 1.45 bits per heavy atom. The first-order valence-electron chi connectivity index (χ1n) is 6.72. The van der Waals surface area contributed by atoms with Gasteiger partial charge in [-0.3, -0.25) is 9.59 Å². The molecule has 1 aromatic heterocycles. The molecule has 1 heterocycles. The number of likely N-dealkylation sites (N-methyl/N-ethyl adjacent to an activating group) is 1. The van der Waals surface area contributed by atoms with Crippen molar-refractivity contribution in [3.63, 3.8) is 0 Å². The molecule has 1 atom stereocenters. The zero-order chi connectivity index (χ0) is 16.1. The van der Waals surface area contributed by atoms with Crippen LogP contribution in [0.2, 0.25) is 0 Å². The minimum absolute atomic E-state index is 0.120. The first kappa shape index (κ1) is 15.4. The number of benzene rings is 1. The SMILES string of the molecule is C#CC[C@H](NC(=O)c1cc2c(OC)cccc2[nH]1)C(=O)NC. The maximum Gasteiger partial charge on any atom is 0.268 e. The van der Waals surface area contributed by atoms with Crippen LogP contribution < -0.4 is 15.4 Å². The van der Waals surface area contributed by atoms with Gasteiger partial charge in [0.25, 0.3) is 5.91 Å². The van der Waals surface area contributed by atoms with E-state index in [1.165, 1.54) is 7.05 Å². The summed E-state index contributed by atoms with van der Waals surface area (Å²) < 4.78 is 5.25. The maximum atomic E-state index is 12.3. The average molecular weight is 299 g/mol. The fraction of sp³-hybridized carbons (Fsp3) is 0.250. The molecule has 114 valence electrons. The number of nitrogens with one attached hydrogen (secondary N) is 3. The molecule has 0 aliphatic carbocycles. The fourth-order valence-electron chi connectivity index (χ4n) is 2.17. The number of ether oxygens (including phenoxy) is 1. The molecule has 22 heavy (non-hydrogen) atoms. The molecule has 0 unspecified atom stereocenters. The van der Waals surface area contributed by atoms with Crippen LogP contribution in [0.3, 0.4) is 0 Å². The van der Waals surface area contributed by atoms with Gasteiger partial charge >= 0.3 is 0 Å². The number of fused-ring (bicyclic) bond motifs is 1. The normalized spacial score (nSPS) is 11.5. The molecule has 0 aliphatic rings. The van der Waals surface area contributed by atoms with Gasteiger partial charge < -0.3 is 20.4 Å². The Labute approximate surface area is 128 Å². The van der Waals surface area contributed by atoms with Crippen LogP contribution in [0.5, 0.6) is 5.75 Å². The van der Waals surface area contributed by atoms with Crippen molar-refractivity contribution >= 4 is 22.7 Å². The number of hydrogen-bond donors (Lipinski definition) is 3. The van der Waals surface area contributed by atoms with Gasteiger partial charge in [0.2, 0.25) is 5.91 Å². The van der Waals surface area contributed by atoms with Gasteiger partial charge in [-0.05, 0) is 18.2 Å². The molecule has 0 fully saturated rings. The molecule has 2 amide bonds. The van der Waals surface area contributed by atoms with Crippen molar-refractivity contribution in [3.8, 4) is 18.1 Å². The third kappa shape index (κ3) is 3.04. The van der Waals surface area contributed by atoms with Crippen LogP contribution in [0.25, 0.3) is 10.9 Å². The Bertz CT molecular complexity index is 743. The van der Waals surface area contributed by atoms with Crippen molar-refractivity contribution in [3.05, 3.63) is 30.0 Å². The molecule has 0 saturated carbocycles. The van der Waals surface area contributed by atoms with Gasteiger partial charge in [-0.25, -0.2) is 0 Å². The van der Waals surface area contributed by atoms with Crippen molar-refractivity contribution < 1.29 is 14.3 Å². The van der Waals surface area contributed by atoms with Gasteiger partial charge in [0, 0.05) is 24.4 Å². The summed E-state index contributed by atoms with van der Waals surface area (Å²) >= 11 is 0. The van der Waals surface area contributed by atoms with Gasteiger partial charge in [-0.1, -0.05) is 6.07 Å². The molecule has 0 bridgehead atoms. The third-order valence-corrected chi connectivity index (χ3v) is 3.28. The van der Waals surface area contributed by atoms with Crippen LogP contribution in [0, 0.1) is 12.3 Å². The summed E-state index contributed by atoms with van der Waals surface area (Å²) in [6, 6.07) is 6.39. The number of carbonyl (C=O) groups excluding carboxylic acids is 2. The maximum absolute atomic E-state index is 12.3. The van der Waals surface area contributed by atoms with Crippen molar-refractivity contribution in [2.45, 2.75) is 12.5 Å². The minimum Gasteiger partial charge on any atom is -0.496 e. The van der Waals surface area contributed by atoms with Gasteiger partial charge in [0.15, 0.2) is 0 Å². The summed E-state index contributed by atoms with van der Waals surface area (Å²) in [6.07, 6.45) is 5.35. The highest BCUT2D eigenvalue weighted by molar-refractivity contribution is 6.01. The van der Waals surface area contributed by atoms with Crippen molar-refractivity contribution in [1.82, 2.24) is 15.6 Å². The number of aromatic nitrogens is 1. The highest BCUT2D eigenvalue weighted by atomic mass is 16.5. The molecule has 0 radical (unpaired) electrons.